The van der Waals surface area contributed by atoms with Gasteiger partial charge in [0.2, 0.25) is 0 Å². The molecule has 0 radical (unpaired) electrons. The van der Waals surface area contributed by atoms with Gasteiger partial charge in [0, 0.05) is 21.7 Å². The number of hydrogen-bond donors (Lipinski definition) is 1. The van der Waals surface area contributed by atoms with Crippen molar-refractivity contribution in [1.82, 2.24) is 0 Å². The Hall–Kier alpha value is -2.10. The molecule has 2 heterocycles. The highest BCUT2D eigenvalue weighted by Crippen LogP contribution is 2.29. The van der Waals surface area contributed by atoms with Crippen molar-refractivity contribution in [2.75, 3.05) is 26.4 Å². The zero-order chi connectivity index (χ0) is 22.5. The smallest absolute Gasteiger partial charge is 0.163 e. The SMILES string of the molecule is C=CCO[C@H]1OC[C@H](N=[N+]=[N-])[C@H](C)[C@@H]1C.C=CCO[C@H]1OC[C@H](N=[N+]=[N-])[C@H](O)[C@@H]1C. The number of rotatable bonds is 8. The van der Waals surface area contributed by atoms with Crippen LogP contribution in [-0.2, 0) is 18.9 Å². The van der Waals surface area contributed by atoms with E-state index in [0.29, 0.717) is 19.8 Å². The van der Waals surface area contributed by atoms with Gasteiger partial charge >= 0.3 is 0 Å². The van der Waals surface area contributed by atoms with Crippen LogP contribution in [0.25, 0.3) is 20.9 Å². The molecule has 168 valence electrons. The zero-order valence-electron chi connectivity index (χ0n) is 17.8. The maximum Gasteiger partial charge on any atom is 0.163 e. The molecule has 1 N–H and O–H groups in total. The van der Waals surface area contributed by atoms with Gasteiger partial charge in [0.15, 0.2) is 12.6 Å². The minimum absolute atomic E-state index is 0.0893. The Bertz CT molecular complexity index is 583. The van der Waals surface area contributed by atoms with Gasteiger partial charge in [0.1, 0.15) is 0 Å². The quantitative estimate of drug-likeness (QED) is 0.272. The summed E-state index contributed by atoms with van der Waals surface area (Å²) >= 11 is 0. The highest BCUT2D eigenvalue weighted by atomic mass is 16.7. The van der Waals surface area contributed by atoms with Gasteiger partial charge in [0.25, 0.3) is 0 Å². The third-order valence-corrected chi connectivity index (χ3v) is 5.25. The Balaban J connectivity index is 0.000000300. The van der Waals surface area contributed by atoms with Crippen molar-refractivity contribution in [3.63, 3.8) is 0 Å². The third kappa shape index (κ3) is 7.62. The molecule has 8 atom stereocenters. The lowest BCUT2D eigenvalue weighted by atomic mass is 9.87. The van der Waals surface area contributed by atoms with E-state index in [4.69, 9.17) is 30.0 Å². The Kier molecular flexibility index (Phi) is 12.1. The fourth-order valence-electron chi connectivity index (χ4n) is 3.15. The molecular formula is C19H32N6O5. The summed E-state index contributed by atoms with van der Waals surface area (Å²) in [7, 11) is 0. The average Bonchev–Trinajstić information content (AvgIpc) is 2.74. The molecule has 2 saturated heterocycles. The van der Waals surface area contributed by atoms with Crippen LogP contribution in [-0.4, -0.2) is 62.3 Å². The lowest BCUT2D eigenvalue weighted by Crippen LogP contribution is -2.48. The van der Waals surface area contributed by atoms with Crippen molar-refractivity contribution in [2.24, 2.45) is 28.0 Å². The Morgan fingerprint density at radius 1 is 0.900 bits per heavy atom. The van der Waals surface area contributed by atoms with Crippen LogP contribution in [0, 0.1) is 17.8 Å². The lowest BCUT2D eigenvalue weighted by Gasteiger charge is -2.37. The normalized spacial score (nSPS) is 35.6. The van der Waals surface area contributed by atoms with Crippen molar-refractivity contribution in [1.29, 1.82) is 0 Å². The molecule has 30 heavy (non-hydrogen) atoms. The summed E-state index contributed by atoms with van der Waals surface area (Å²) in [6.45, 7) is 14.4. The first-order valence-electron chi connectivity index (χ1n) is 9.85. The highest BCUT2D eigenvalue weighted by Gasteiger charge is 2.37. The molecule has 11 nitrogen and oxygen atoms in total. The van der Waals surface area contributed by atoms with Gasteiger partial charge in [-0.15, -0.1) is 13.2 Å². The first-order chi connectivity index (χ1) is 14.4. The largest absolute Gasteiger partial charge is 0.392 e. The van der Waals surface area contributed by atoms with E-state index in [0.717, 1.165) is 0 Å². The lowest BCUT2D eigenvalue weighted by molar-refractivity contribution is -0.216. The van der Waals surface area contributed by atoms with Crippen LogP contribution in [0.3, 0.4) is 0 Å². The number of ether oxygens (including phenoxy) is 4. The Morgan fingerprint density at radius 3 is 1.87 bits per heavy atom. The molecule has 0 unspecified atom stereocenters. The molecule has 0 bridgehead atoms. The molecule has 0 spiro atoms. The van der Waals surface area contributed by atoms with E-state index in [9.17, 15) is 5.11 Å². The fraction of sp³-hybridized carbons (Fsp3) is 0.789. The maximum atomic E-state index is 9.79. The highest BCUT2D eigenvalue weighted by molar-refractivity contribution is 4.86. The summed E-state index contributed by atoms with van der Waals surface area (Å²) in [4.78, 5) is 5.48. The van der Waals surface area contributed by atoms with Gasteiger partial charge in [-0.3, -0.25) is 0 Å². The van der Waals surface area contributed by atoms with Crippen LogP contribution < -0.4 is 0 Å². The molecule has 2 aliphatic heterocycles. The maximum absolute atomic E-state index is 9.79. The summed E-state index contributed by atoms with van der Waals surface area (Å²) in [5.74, 6) is 0.257. The molecule has 0 aromatic rings. The average molecular weight is 425 g/mol. The molecule has 0 aromatic carbocycles. The molecule has 2 fully saturated rings. The monoisotopic (exact) mass is 424 g/mol. The number of nitrogens with zero attached hydrogens (tertiary/aromatic N) is 6. The van der Waals surface area contributed by atoms with Gasteiger partial charge in [-0.1, -0.05) is 43.2 Å². The minimum Gasteiger partial charge on any atom is -0.392 e. The number of azide groups is 2. The predicted octanol–water partition coefficient (Wildman–Crippen LogP) is 3.72. The van der Waals surface area contributed by atoms with Crippen molar-refractivity contribution < 1.29 is 24.1 Å². The van der Waals surface area contributed by atoms with E-state index in [-0.39, 0.29) is 36.7 Å². The van der Waals surface area contributed by atoms with Crippen molar-refractivity contribution >= 4 is 0 Å². The Morgan fingerprint density at radius 2 is 1.37 bits per heavy atom. The van der Waals surface area contributed by atoms with E-state index in [2.05, 4.69) is 40.1 Å². The number of aliphatic hydroxyl groups is 1. The van der Waals surface area contributed by atoms with Gasteiger partial charge < -0.3 is 24.1 Å². The number of hydrogen-bond acceptors (Lipinski definition) is 7. The van der Waals surface area contributed by atoms with Crippen molar-refractivity contribution in [3.8, 4) is 0 Å². The first-order valence-corrected chi connectivity index (χ1v) is 9.85. The van der Waals surface area contributed by atoms with Gasteiger partial charge in [-0.2, -0.15) is 0 Å². The van der Waals surface area contributed by atoms with E-state index >= 15 is 0 Å². The Labute approximate surface area is 176 Å². The molecule has 11 heteroatoms. The minimum atomic E-state index is -0.732. The van der Waals surface area contributed by atoms with Crippen molar-refractivity contribution in [3.05, 3.63) is 46.2 Å². The molecule has 0 amide bonds. The second kappa shape index (κ2) is 14.0. The zero-order valence-corrected chi connectivity index (χ0v) is 17.8. The summed E-state index contributed by atoms with van der Waals surface area (Å²) in [5, 5.41) is 17.0. The van der Waals surface area contributed by atoms with Crippen LogP contribution in [0.1, 0.15) is 20.8 Å². The standard InChI is InChI=1S/C10H17N3O2.C9H15N3O3/c1-4-5-14-10-8(3)7(2)9(6-15-10)12-13-11;1-3-4-14-9-6(2)8(13)7(5-15-9)11-12-10/h4,7-10H,1,5-6H2,2-3H3;3,6-9,13H,1,4-5H2,2H3/t7-,8+,9+,10+;6-,7-,8+,9-/m10/s1. The van der Waals surface area contributed by atoms with Crippen LogP contribution >= 0.6 is 0 Å². The third-order valence-electron chi connectivity index (χ3n) is 5.25. The van der Waals surface area contributed by atoms with Crippen LogP contribution in [0.5, 0.6) is 0 Å². The summed E-state index contributed by atoms with van der Waals surface area (Å²) in [6, 6.07) is -0.623. The molecule has 0 aliphatic carbocycles. The van der Waals surface area contributed by atoms with E-state index in [1.807, 2.05) is 6.92 Å². The second-order valence-corrected chi connectivity index (χ2v) is 7.26. The van der Waals surface area contributed by atoms with Gasteiger partial charge in [0.05, 0.1) is 44.6 Å². The molecule has 0 saturated carbocycles. The first kappa shape index (κ1) is 25.9. The summed E-state index contributed by atoms with van der Waals surface area (Å²) < 4.78 is 21.6. The van der Waals surface area contributed by atoms with Gasteiger partial charge in [-0.05, 0) is 17.0 Å². The van der Waals surface area contributed by atoms with E-state index in [1.54, 1.807) is 19.1 Å². The fourth-order valence-corrected chi connectivity index (χ4v) is 3.15. The molecule has 2 aliphatic rings. The van der Waals surface area contributed by atoms with Crippen LogP contribution in [0.15, 0.2) is 35.5 Å². The molecular weight excluding hydrogens is 392 g/mol. The van der Waals surface area contributed by atoms with Gasteiger partial charge in [-0.25, -0.2) is 0 Å². The second-order valence-electron chi connectivity index (χ2n) is 7.26. The van der Waals surface area contributed by atoms with Crippen molar-refractivity contribution in [2.45, 2.75) is 51.5 Å². The predicted molar refractivity (Wildman–Crippen MR) is 111 cm³/mol. The molecule has 2 rings (SSSR count). The number of aliphatic hydroxyl groups excluding tert-OH is 1. The topological polar surface area (TPSA) is 155 Å². The van der Waals surface area contributed by atoms with E-state index in [1.165, 1.54) is 0 Å². The summed E-state index contributed by atoms with van der Waals surface area (Å²) in [6.07, 6.45) is 1.89. The molecule has 0 aromatic heterocycles. The van der Waals surface area contributed by atoms with Crippen LogP contribution in [0.4, 0.5) is 0 Å². The summed E-state index contributed by atoms with van der Waals surface area (Å²) in [5.41, 5.74) is 16.7. The van der Waals surface area contributed by atoms with Crippen LogP contribution in [0.2, 0.25) is 0 Å². The van der Waals surface area contributed by atoms with E-state index < -0.39 is 18.4 Å².